The van der Waals surface area contributed by atoms with E-state index in [2.05, 4.69) is 74.6 Å². The predicted molar refractivity (Wildman–Crippen MR) is 260 cm³/mol. The molecule has 1 atom stereocenters. The average molecular weight is 839 g/mol. The summed E-state index contributed by atoms with van der Waals surface area (Å²) in [5.41, 5.74) is 0. The number of unbranched alkanes of at least 4 members (excludes halogenated alkanes) is 29. The van der Waals surface area contributed by atoms with Crippen molar-refractivity contribution in [1.82, 2.24) is 0 Å². The van der Waals surface area contributed by atoms with Crippen LogP contribution in [0.25, 0.3) is 0 Å². The van der Waals surface area contributed by atoms with Gasteiger partial charge in [0.1, 0.15) is 6.61 Å². The number of ether oxygens (including phenoxy) is 2. The number of carbonyl (C=O) groups excluding carboxylic acids is 2. The highest BCUT2D eigenvalue weighted by atomic mass is 16.6. The zero-order valence-corrected chi connectivity index (χ0v) is 39.7. The maximum Gasteiger partial charge on any atom is 0.306 e. The second-order valence-corrected chi connectivity index (χ2v) is 17.2. The summed E-state index contributed by atoms with van der Waals surface area (Å²) in [7, 11) is 0. The van der Waals surface area contributed by atoms with Crippen molar-refractivity contribution in [2.75, 3.05) is 13.2 Å². The van der Waals surface area contributed by atoms with E-state index in [1.807, 2.05) is 0 Å². The number of hydrogen-bond donors (Lipinski definition) is 1. The minimum atomic E-state index is -0.786. The van der Waals surface area contributed by atoms with Crippen molar-refractivity contribution >= 4 is 11.9 Å². The number of carbonyl (C=O) groups is 2. The monoisotopic (exact) mass is 839 g/mol. The summed E-state index contributed by atoms with van der Waals surface area (Å²) in [4.78, 5) is 24.4. The lowest BCUT2D eigenvalue weighted by atomic mass is 10.0. The first-order chi connectivity index (χ1) is 29.6. The maximum atomic E-state index is 12.2. The molecule has 5 nitrogen and oxygen atoms in total. The normalized spacial score (nSPS) is 12.7. The first-order valence-electron chi connectivity index (χ1n) is 25.8. The molecule has 0 aliphatic rings. The van der Waals surface area contributed by atoms with E-state index in [1.165, 1.54) is 161 Å². The quantitative estimate of drug-likeness (QED) is 0.0375. The van der Waals surface area contributed by atoms with Gasteiger partial charge in [0.25, 0.3) is 0 Å². The van der Waals surface area contributed by atoms with Crippen LogP contribution in [0.2, 0.25) is 0 Å². The van der Waals surface area contributed by atoms with Gasteiger partial charge < -0.3 is 14.6 Å². The molecule has 1 N–H and O–H groups in total. The van der Waals surface area contributed by atoms with Crippen molar-refractivity contribution in [2.45, 2.75) is 264 Å². The van der Waals surface area contributed by atoms with Crippen molar-refractivity contribution in [3.8, 4) is 0 Å². The largest absolute Gasteiger partial charge is 0.462 e. The van der Waals surface area contributed by atoms with E-state index in [0.29, 0.717) is 12.8 Å². The number of aliphatic hydroxyl groups is 1. The third kappa shape index (κ3) is 48.3. The predicted octanol–water partition coefficient (Wildman–Crippen LogP) is 17.1. The van der Waals surface area contributed by atoms with Crippen molar-refractivity contribution in [2.24, 2.45) is 0 Å². The van der Waals surface area contributed by atoms with Gasteiger partial charge in [0, 0.05) is 12.8 Å². The summed E-state index contributed by atoms with van der Waals surface area (Å²) < 4.78 is 10.6. The molecule has 348 valence electrons. The molecule has 60 heavy (non-hydrogen) atoms. The molecule has 0 bridgehead atoms. The number of hydrogen-bond acceptors (Lipinski definition) is 5. The molecule has 0 rings (SSSR count). The molecule has 0 aromatic rings. The van der Waals surface area contributed by atoms with Crippen LogP contribution in [0.15, 0.2) is 60.8 Å². The Morgan fingerprint density at radius 3 is 1.10 bits per heavy atom. The van der Waals surface area contributed by atoms with E-state index in [9.17, 15) is 14.7 Å². The van der Waals surface area contributed by atoms with Gasteiger partial charge in [0.15, 0.2) is 6.10 Å². The van der Waals surface area contributed by atoms with Gasteiger partial charge >= 0.3 is 11.9 Å². The molecule has 0 aromatic carbocycles. The lowest BCUT2D eigenvalue weighted by molar-refractivity contribution is -0.161. The van der Waals surface area contributed by atoms with E-state index in [1.54, 1.807) is 0 Å². The molecule has 0 fully saturated rings. The standard InChI is InChI=1S/C55H98O5/c1-3-5-7-9-11-13-15-17-18-19-20-21-22-23-24-25-26-27-28-29-30-31-32-33-34-35-36-38-39-41-43-45-47-49-54(57)59-52-53(51-56)60-55(58)50-48-46-44-42-40-37-16-14-12-10-8-6-4-2/h6,8,12,14-15,17,19-20,37,40,53,56H,3-5,7,9-11,13,16,18,21-36,38-39,41-52H2,1-2H3/b8-6-,14-12-,17-15-,20-19-,40-37-. The van der Waals surface area contributed by atoms with Crippen molar-refractivity contribution in [1.29, 1.82) is 0 Å². The Morgan fingerprint density at radius 1 is 0.400 bits per heavy atom. The van der Waals surface area contributed by atoms with E-state index in [-0.39, 0.29) is 25.2 Å². The highest BCUT2D eigenvalue weighted by molar-refractivity contribution is 5.70. The van der Waals surface area contributed by atoms with Gasteiger partial charge in [-0.1, -0.05) is 229 Å². The lowest BCUT2D eigenvalue weighted by Gasteiger charge is -2.15. The zero-order valence-electron chi connectivity index (χ0n) is 39.7. The Bertz CT molecular complexity index is 1040. The summed E-state index contributed by atoms with van der Waals surface area (Å²) in [5.74, 6) is -0.619. The Labute approximate surface area is 372 Å². The molecule has 0 amide bonds. The van der Waals surface area contributed by atoms with Crippen molar-refractivity contribution in [3.05, 3.63) is 60.8 Å². The molecule has 0 saturated carbocycles. The van der Waals surface area contributed by atoms with Crippen LogP contribution in [0.1, 0.15) is 258 Å². The van der Waals surface area contributed by atoms with Crippen LogP contribution in [-0.2, 0) is 19.1 Å². The molecule has 0 heterocycles. The third-order valence-corrected chi connectivity index (χ3v) is 11.3. The summed E-state index contributed by atoms with van der Waals surface area (Å²) in [6, 6.07) is 0. The Morgan fingerprint density at radius 2 is 0.717 bits per heavy atom. The summed E-state index contributed by atoms with van der Waals surface area (Å²) >= 11 is 0. The number of esters is 2. The average Bonchev–Trinajstić information content (AvgIpc) is 3.25. The number of rotatable bonds is 47. The lowest BCUT2D eigenvalue weighted by Crippen LogP contribution is -2.28. The van der Waals surface area contributed by atoms with Crippen molar-refractivity contribution in [3.63, 3.8) is 0 Å². The van der Waals surface area contributed by atoms with Crippen molar-refractivity contribution < 1.29 is 24.2 Å². The second-order valence-electron chi connectivity index (χ2n) is 17.2. The van der Waals surface area contributed by atoms with Crippen LogP contribution in [0.5, 0.6) is 0 Å². The first-order valence-corrected chi connectivity index (χ1v) is 25.8. The molecule has 0 saturated heterocycles. The van der Waals surface area contributed by atoms with Gasteiger partial charge in [0.05, 0.1) is 6.61 Å². The molecule has 0 aromatic heterocycles. The molecule has 0 aliphatic carbocycles. The van der Waals surface area contributed by atoms with Crippen LogP contribution in [-0.4, -0.2) is 36.4 Å². The highest BCUT2D eigenvalue weighted by Gasteiger charge is 2.16. The molecule has 0 radical (unpaired) electrons. The van der Waals surface area contributed by atoms with Crippen LogP contribution in [0, 0.1) is 0 Å². The Balaban J connectivity index is 3.42. The van der Waals surface area contributed by atoms with E-state index < -0.39 is 6.10 Å². The maximum absolute atomic E-state index is 12.2. The fraction of sp³-hybridized carbons (Fsp3) is 0.782. The number of allylic oxidation sites excluding steroid dienone is 10. The summed E-state index contributed by atoms with van der Waals surface area (Å²) in [5, 5.41) is 9.59. The summed E-state index contributed by atoms with van der Waals surface area (Å²) in [6.07, 6.45) is 67.7. The zero-order chi connectivity index (χ0) is 43.5. The highest BCUT2D eigenvalue weighted by Crippen LogP contribution is 2.16. The van der Waals surface area contributed by atoms with Crippen LogP contribution < -0.4 is 0 Å². The third-order valence-electron chi connectivity index (χ3n) is 11.3. The molecule has 1 unspecified atom stereocenters. The van der Waals surface area contributed by atoms with Crippen LogP contribution in [0.3, 0.4) is 0 Å². The Hall–Kier alpha value is -2.40. The minimum absolute atomic E-state index is 0.0769. The minimum Gasteiger partial charge on any atom is -0.462 e. The molecule has 5 heteroatoms. The van der Waals surface area contributed by atoms with Gasteiger partial charge in [-0.25, -0.2) is 0 Å². The van der Waals surface area contributed by atoms with Gasteiger partial charge in [-0.3, -0.25) is 9.59 Å². The van der Waals surface area contributed by atoms with Crippen LogP contribution in [0.4, 0.5) is 0 Å². The first kappa shape index (κ1) is 57.6. The smallest absolute Gasteiger partial charge is 0.306 e. The second kappa shape index (κ2) is 51.0. The van der Waals surface area contributed by atoms with E-state index in [0.717, 1.165) is 70.6 Å². The number of aliphatic hydroxyl groups excluding tert-OH is 1. The fourth-order valence-electron chi connectivity index (χ4n) is 7.42. The van der Waals surface area contributed by atoms with Gasteiger partial charge in [0.2, 0.25) is 0 Å². The fourth-order valence-corrected chi connectivity index (χ4v) is 7.42. The van der Waals surface area contributed by atoms with Crippen LogP contribution >= 0.6 is 0 Å². The van der Waals surface area contributed by atoms with Gasteiger partial charge in [-0.2, -0.15) is 0 Å². The van der Waals surface area contributed by atoms with Gasteiger partial charge in [-0.05, 0) is 77.0 Å². The van der Waals surface area contributed by atoms with E-state index >= 15 is 0 Å². The molecule has 0 spiro atoms. The Kier molecular flexibility index (Phi) is 48.9. The van der Waals surface area contributed by atoms with E-state index in [4.69, 9.17) is 9.47 Å². The SMILES string of the molecule is CC/C=C\C/C=C\C/C=C\CCCCCC(=O)OC(CO)COC(=O)CCCCCCCCCCCCCCCCCCCCCCC/C=C\C/C=C\CCCCCCC. The molecule has 0 aliphatic heterocycles. The van der Waals surface area contributed by atoms with Gasteiger partial charge in [-0.15, -0.1) is 0 Å². The summed E-state index contributed by atoms with van der Waals surface area (Å²) in [6.45, 7) is 4.00. The molecular weight excluding hydrogens is 741 g/mol. The molecular formula is C55H98O5. The topological polar surface area (TPSA) is 72.8 Å².